The highest BCUT2D eigenvalue weighted by Crippen LogP contribution is 2.18. The highest BCUT2D eigenvalue weighted by Gasteiger charge is 2.18. The molecule has 2 heteroatoms. The van der Waals surface area contributed by atoms with Crippen molar-refractivity contribution in [1.29, 1.82) is 0 Å². The van der Waals surface area contributed by atoms with Crippen LogP contribution in [0.1, 0.15) is 53.4 Å². The Kier molecular flexibility index (Phi) is 7.20. The van der Waals surface area contributed by atoms with Crippen molar-refractivity contribution in [1.82, 2.24) is 5.32 Å². The highest BCUT2D eigenvalue weighted by molar-refractivity contribution is 4.74. The molecule has 1 atom stereocenters. The molecule has 0 heterocycles. The largest absolute Gasteiger partial charge is 0.396 e. The fourth-order valence-electron chi connectivity index (χ4n) is 1.61. The van der Waals surface area contributed by atoms with Crippen LogP contribution in [0, 0.1) is 5.41 Å². The van der Waals surface area contributed by atoms with Gasteiger partial charge in [0.15, 0.2) is 0 Å². The third kappa shape index (κ3) is 6.39. The van der Waals surface area contributed by atoms with Gasteiger partial charge in [-0.05, 0) is 24.7 Å². The zero-order valence-electron chi connectivity index (χ0n) is 10.3. The third-order valence-corrected chi connectivity index (χ3v) is 2.79. The summed E-state index contributed by atoms with van der Waals surface area (Å²) in [5, 5.41) is 12.5. The van der Waals surface area contributed by atoms with E-state index in [9.17, 15) is 0 Å². The maximum absolute atomic E-state index is 8.90. The van der Waals surface area contributed by atoms with Crippen molar-refractivity contribution >= 4 is 0 Å². The fourth-order valence-corrected chi connectivity index (χ4v) is 1.61. The van der Waals surface area contributed by atoms with E-state index < -0.39 is 0 Å². The molecule has 0 aliphatic rings. The Morgan fingerprint density at radius 3 is 2.36 bits per heavy atom. The van der Waals surface area contributed by atoms with Crippen molar-refractivity contribution in [2.75, 3.05) is 13.2 Å². The summed E-state index contributed by atoms with van der Waals surface area (Å²) < 4.78 is 0. The monoisotopic (exact) mass is 201 g/mol. The van der Waals surface area contributed by atoms with Gasteiger partial charge in [0.05, 0.1) is 0 Å². The molecular formula is C12H27NO. The molecule has 0 aromatic heterocycles. The number of aliphatic hydroxyl groups is 1. The lowest BCUT2D eigenvalue weighted by molar-refractivity contribution is 0.201. The molecule has 0 fully saturated rings. The summed E-state index contributed by atoms with van der Waals surface area (Å²) in [6.07, 6.45) is 4.57. The maximum Gasteiger partial charge on any atom is 0.0436 e. The zero-order valence-corrected chi connectivity index (χ0v) is 10.3. The summed E-state index contributed by atoms with van der Waals surface area (Å²) in [6, 6.07) is 0.651. The van der Waals surface area contributed by atoms with Gasteiger partial charge < -0.3 is 10.4 Å². The van der Waals surface area contributed by atoms with Gasteiger partial charge in [-0.1, -0.05) is 34.1 Å². The molecule has 0 aromatic rings. The summed E-state index contributed by atoms with van der Waals surface area (Å²) in [6.45, 7) is 10.2. The van der Waals surface area contributed by atoms with Gasteiger partial charge in [0.1, 0.15) is 0 Å². The summed E-state index contributed by atoms with van der Waals surface area (Å²) in [5.74, 6) is 0. The van der Waals surface area contributed by atoms with Crippen molar-refractivity contribution in [2.45, 2.75) is 59.4 Å². The molecule has 0 saturated heterocycles. The molecule has 86 valence electrons. The molecule has 0 bridgehead atoms. The Morgan fingerprint density at radius 2 is 1.93 bits per heavy atom. The number of aliphatic hydroxyl groups excluding tert-OH is 1. The SMILES string of the molecule is CCCC(CC)NCC(C)(C)CCO. The predicted molar refractivity (Wildman–Crippen MR) is 62.5 cm³/mol. The van der Waals surface area contributed by atoms with Crippen LogP contribution < -0.4 is 5.32 Å². The van der Waals surface area contributed by atoms with E-state index in [0.29, 0.717) is 12.6 Å². The van der Waals surface area contributed by atoms with Crippen molar-refractivity contribution in [2.24, 2.45) is 5.41 Å². The van der Waals surface area contributed by atoms with E-state index in [-0.39, 0.29) is 5.41 Å². The Balaban J connectivity index is 3.76. The normalized spacial score (nSPS) is 14.4. The first-order valence-electron chi connectivity index (χ1n) is 5.90. The van der Waals surface area contributed by atoms with Gasteiger partial charge in [0.25, 0.3) is 0 Å². The predicted octanol–water partition coefficient (Wildman–Crippen LogP) is 2.56. The van der Waals surface area contributed by atoms with E-state index >= 15 is 0 Å². The average Bonchev–Trinajstić information content (AvgIpc) is 2.12. The quantitative estimate of drug-likeness (QED) is 0.632. The lowest BCUT2D eigenvalue weighted by Crippen LogP contribution is -2.37. The number of rotatable bonds is 8. The van der Waals surface area contributed by atoms with Crippen LogP contribution in [0.15, 0.2) is 0 Å². The van der Waals surface area contributed by atoms with Gasteiger partial charge in [0.2, 0.25) is 0 Å². The van der Waals surface area contributed by atoms with Crippen molar-refractivity contribution < 1.29 is 5.11 Å². The van der Waals surface area contributed by atoms with Crippen LogP contribution in [0.5, 0.6) is 0 Å². The molecule has 0 saturated carbocycles. The van der Waals surface area contributed by atoms with Gasteiger partial charge in [0, 0.05) is 19.2 Å². The molecule has 0 aliphatic carbocycles. The third-order valence-electron chi connectivity index (χ3n) is 2.79. The summed E-state index contributed by atoms with van der Waals surface area (Å²) in [4.78, 5) is 0. The molecule has 2 N–H and O–H groups in total. The Hall–Kier alpha value is -0.0800. The molecule has 0 aliphatic heterocycles. The Bertz CT molecular complexity index is 134. The molecule has 1 unspecified atom stereocenters. The van der Waals surface area contributed by atoms with E-state index in [4.69, 9.17) is 5.11 Å². The number of hydrogen-bond donors (Lipinski definition) is 2. The van der Waals surface area contributed by atoms with Crippen LogP contribution in [-0.2, 0) is 0 Å². The average molecular weight is 201 g/mol. The molecule has 2 nitrogen and oxygen atoms in total. The second-order valence-electron chi connectivity index (χ2n) is 4.91. The Morgan fingerprint density at radius 1 is 1.29 bits per heavy atom. The van der Waals surface area contributed by atoms with E-state index in [0.717, 1.165) is 13.0 Å². The van der Waals surface area contributed by atoms with Crippen LogP contribution in [0.4, 0.5) is 0 Å². The van der Waals surface area contributed by atoms with Crippen molar-refractivity contribution in [3.8, 4) is 0 Å². The van der Waals surface area contributed by atoms with Gasteiger partial charge in [-0.15, -0.1) is 0 Å². The fraction of sp³-hybridized carbons (Fsp3) is 1.00. The summed E-state index contributed by atoms with van der Waals surface area (Å²) in [5.41, 5.74) is 0.218. The minimum atomic E-state index is 0.218. The molecular weight excluding hydrogens is 174 g/mol. The van der Waals surface area contributed by atoms with E-state index in [1.54, 1.807) is 0 Å². The lowest BCUT2D eigenvalue weighted by Gasteiger charge is -2.27. The maximum atomic E-state index is 8.90. The van der Waals surface area contributed by atoms with E-state index in [2.05, 4.69) is 33.0 Å². The molecule has 14 heavy (non-hydrogen) atoms. The standard InChI is InChI=1S/C12H27NO/c1-5-7-11(6-2)13-10-12(3,4)8-9-14/h11,13-14H,5-10H2,1-4H3. The van der Waals surface area contributed by atoms with Crippen LogP contribution in [0.3, 0.4) is 0 Å². The van der Waals surface area contributed by atoms with E-state index in [1.807, 2.05) is 0 Å². The second-order valence-corrected chi connectivity index (χ2v) is 4.91. The number of hydrogen-bond acceptors (Lipinski definition) is 2. The first kappa shape index (κ1) is 13.9. The first-order chi connectivity index (χ1) is 6.55. The van der Waals surface area contributed by atoms with Crippen molar-refractivity contribution in [3.05, 3.63) is 0 Å². The van der Waals surface area contributed by atoms with Gasteiger partial charge in [-0.2, -0.15) is 0 Å². The molecule has 0 spiro atoms. The first-order valence-corrected chi connectivity index (χ1v) is 5.90. The number of nitrogens with one attached hydrogen (secondary N) is 1. The second kappa shape index (κ2) is 7.24. The summed E-state index contributed by atoms with van der Waals surface area (Å²) >= 11 is 0. The highest BCUT2D eigenvalue weighted by atomic mass is 16.3. The smallest absolute Gasteiger partial charge is 0.0436 e. The minimum Gasteiger partial charge on any atom is -0.396 e. The Labute approximate surface area is 89.1 Å². The van der Waals surface area contributed by atoms with Crippen molar-refractivity contribution in [3.63, 3.8) is 0 Å². The lowest BCUT2D eigenvalue weighted by atomic mass is 9.89. The van der Waals surface area contributed by atoms with Crippen LogP contribution in [-0.4, -0.2) is 24.3 Å². The topological polar surface area (TPSA) is 32.3 Å². The molecule has 0 rings (SSSR count). The van der Waals surface area contributed by atoms with Crippen LogP contribution in [0.25, 0.3) is 0 Å². The molecule has 0 aromatic carbocycles. The zero-order chi connectivity index (χ0) is 11.0. The van der Waals surface area contributed by atoms with Gasteiger partial charge in [-0.25, -0.2) is 0 Å². The molecule has 0 radical (unpaired) electrons. The molecule has 0 amide bonds. The minimum absolute atomic E-state index is 0.218. The van der Waals surface area contributed by atoms with E-state index in [1.165, 1.54) is 19.3 Å². The van der Waals surface area contributed by atoms with Gasteiger partial charge >= 0.3 is 0 Å². The summed E-state index contributed by atoms with van der Waals surface area (Å²) in [7, 11) is 0. The van der Waals surface area contributed by atoms with Crippen LogP contribution in [0.2, 0.25) is 0 Å². The van der Waals surface area contributed by atoms with Crippen LogP contribution >= 0.6 is 0 Å². The van der Waals surface area contributed by atoms with Gasteiger partial charge in [-0.3, -0.25) is 0 Å².